The summed E-state index contributed by atoms with van der Waals surface area (Å²) in [5.74, 6) is 0. The Labute approximate surface area is 116 Å². The molecule has 0 aliphatic rings. The molecule has 8 nitrogen and oxygen atoms in total. The molecule has 2 N–H and O–H groups in total. The highest BCUT2D eigenvalue weighted by atomic mass is 16.1. The summed E-state index contributed by atoms with van der Waals surface area (Å²) in [4.78, 5) is 40.9. The van der Waals surface area contributed by atoms with Crippen molar-refractivity contribution >= 4 is 24.3 Å². The SMILES string of the molecule is C.C.C.C.C.C.N=C=O.N=C=O.O=C=NCN=C=O. The van der Waals surface area contributed by atoms with Gasteiger partial charge in [0.1, 0.15) is 0 Å². The Hall–Kier alpha value is -2.48. The van der Waals surface area contributed by atoms with Gasteiger partial charge in [0.15, 0.2) is 6.67 Å². The van der Waals surface area contributed by atoms with Crippen molar-refractivity contribution in [1.82, 2.24) is 0 Å². The van der Waals surface area contributed by atoms with E-state index >= 15 is 0 Å². The molecule has 0 spiro atoms. The lowest BCUT2D eigenvalue weighted by Crippen LogP contribution is -1.66. The highest BCUT2D eigenvalue weighted by Crippen LogP contribution is 1.61. The van der Waals surface area contributed by atoms with Crippen molar-refractivity contribution in [3.8, 4) is 0 Å². The Morgan fingerprint density at radius 2 is 0.789 bits per heavy atom. The summed E-state index contributed by atoms with van der Waals surface area (Å²) in [5.41, 5.74) is 0. The summed E-state index contributed by atoms with van der Waals surface area (Å²) in [5, 5.41) is 10.8. The predicted octanol–water partition coefficient (Wildman–Crippen LogP) is 3.23. The van der Waals surface area contributed by atoms with Crippen molar-refractivity contribution in [3.05, 3.63) is 0 Å². The lowest BCUT2D eigenvalue weighted by molar-refractivity contribution is 0.559. The molecule has 0 aromatic heterocycles. The van der Waals surface area contributed by atoms with Gasteiger partial charge in [0, 0.05) is 0 Å². The third-order valence-corrected chi connectivity index (χ3v) is 0.271. The molecule has 0 saturated heterocycles. The standard InChI is InChI=1S/C3H2N2O2.2CHNO.6CH4/c6-2-4-1-5-3-7;2*2-1-3;;;;;;/h1H2;2*2H;6*1H4. The van der Waals surface area contributed by atoms with Crippen LogP contribution in [-0.4, -0.2) is 31.0 Å². The molecule has 0 amide bonds. The molecule has 0 atom stereocenters. The molecule has 0 radical (unpaired) electrons. The second-order valence-corrected chi connectivity index (χ2v) is 0.844. The fourth-order valence-corrected chi connectivity index (χ4v) is 0.0931. The van der Waals surface area contributed by atoms with Gasteiger partial charge in [-0.2, -0.15) is 9.98 Å². The van der Waals surface area contributed by atoms with E-state index in [1.54, 1.807) is 0 Å². The van der Waals surface area contributed by atoms with Gasteiger partial charge in [-0.05, 0) is 0 Å². The first-order valence-electron chi connectivity index (χ1n) is 2.40. The Morgan fingerprint density at radius 1 is 0.632 bits per heavy atom. The maximum atomic E-state index is 9.20. The lowest BCUT2D eigenvalue weighted by atomic mass is 11.1. The molecule has 0 rings (SSSR count). The number of nitrogens with one attached hydrogen (secondary N) is 2. The van der Waals surface area contributed by atoms with Crippen LogP contribution in [0.25, 0.3) is 0 Å². The molecule has 0 saturated carbocycles. The van der Waals surface area contributed by atoms with Crippen molar-refractivity contribution in [2.45, 2.75) is 44.6 Å². The fraction of sp³-hybridized carbons (Fsp3) is 0.636. The van der Waals surface area contributed by atoms with Crippen LogP contribution in [0.15, 0.2) is 9.98 Å². The number of carbonyl (C=O) groups excluding carboxylic acids is 4. The van der Waals surface area contributed by atoms with Crippen LogP contribution in [0.5, 0.6) is 0 Å². The van der Waals surface area contributed by atoms with Gasteiger partial charge >= 0.3 is 0 Å². The molecule has 19 heavy (non-hydrogen) atoms. The van der Waals surface area contributed by atoms with E-state index in [9.17, 15) is 9.59 Å². The number of aliphatic imine (C=N–C) groups is 2. The minimum Gasteiger partial charge on any atom is -0.222 e. The summed E-state index contributed by atoms with van der Waals surface area (Å²) in [6.45, 7) is -0.160. The van der Waals surface area contributed by atoms with E-state index in [2.05, 4.69) is 9.98 Å². The monoisotopic (exact) mass is 280 g/mol. The summed E-state index contributed by atoms with van der Waals surface area (Å²) < 4.78 is 0. The number of isocyanates is 4. The zero-order chi connectivity index (χ0) is 10.9. The van der Waals surface area contributed by atoms with Gasteiger partial charge in [-0.25, -0.2) is 30.0 Å². The summed E-state index contributed by atoms with van der Waals surface area (Å²) in [6.07, 6.45) is 3.91. The Bertz CT molecular complexity index is 240. The highest BCUT2D eigenvalue weighted by molar-refractivity contribution is 5.35. The number of hydrogen-bond acceptors (Lipinski definition) is 8. The molecule has 116 valence electrons. The van der Waals surface area contributed by atoms with Gasteiger partial charge in [0.2, 0.25) is 24.3 Å². The zero-order valence-corrected chi connectivity index (χ0v) is 6.23. The van der Waals surface area contributed by atoms with E-state index in [0.717, 1.165) is 12.2 Å². The van der Waals surface area contributed by atoms with Gasteiger partial charge < -0.3 is 0 Å². The van der Waals surface area contributed by atoms with Gasteiger partial charge in [-0.15, -0.1) is 0 Å². The van der Waals surface area contributed by atoms with Gasteiger partial charge in [-0.1, -0.05) is 44.6 Å². The highest BCUT2D eigenvalue weighted by Gasteiger charge is 1.63. The normalized spacial score (nSPS) is 2.95. The number of nitrogens with zero attached hydrogens (tertiary/aromatic N) is 2. The van der Waals surface area contributed by atoms with E-state index in [-0.39, 0.29) is 51.2 Å². The zero-order valence-electron chi connectivity index (χ0n) is 6.23. The van der Waals surface area contributed by atoms with Crippen LogP contribution in [0.1, 0.15) is 44.6 Å². The minimum atomic E-state index is -0.160. The Morgan fingerprint density at radius 3 is 0.895 bits per heavy atom. The topological polar surface area (TPSA) is 141 Å². The van der Waals surface area contributed by atoms with E-state index in [0.29, 0.717) is 0 Å². The van der Waals surface area contributed by atoms with Crippen molar-refractivity contribution in [3.63, 3.8) is 0 Å². The third-order valence-electron chi connectivity index (χ3n) is 0.271. The summed E-state index contributed by atoms with van der Waals surface area (Å²) >= 11 is 0. The van der Waals surface area contributed by atoms with Crippen molar-refractivity contribution in [2.75, 3.05) is 6.67 Å². The second kappa shape index (κ2) is 160. The third kappa shape index (κ3) is 1230. The Kier molecular flexibility index (Phi) is 593. The first-order chi connectivity index (χ1) is 6.24. The molecule has 0 unspecified atom stereocenters. The average Bonchev–Trinajstić information content (AvgIpc) is 2.08. The van der Waals surface area contributed by atoms with Crippen LogP contribution in [-0.2, 0) is 19.2 Å². The van der Waals surface area contributed by atoms with Crippen molar-refractivity contribution in [2.24, 2.45) is 9.98 Å². The summed E-state index contributed by atoms with van der Waals surface area (Å²) in [7, 11) is 0. The van der Waals surface area contributed by atoms with E-state index in [1.165, 1.54) is 12.2 Å². The van der Waals surface area contributed by atoms with E-state index in [4.69, 9.17) is 20.4 Å². The molecule has 0 aromatic rings. The minimum absolute atomic E-state index is 0. The smallest absolute Gasteiger partial charge is 0.222 e. The van der Waals surface area contributed by atoms with E-state index in [1.807, 2.05) is 0 Å². The van der Waals surface area contributed by atoms with Crippen LogP contribution < -0.4 is 0 Å². The quantitative estimate of drug-likeness (QED) is 0.591. The molecule has 0 aliphatic carbocycles. The van der Waals surface area contributed by atoms with Crippen LogP contribution >= 0.6 is 0 Å². The molecule has 8 heteroatoms. The number of hydrogen-bond donors (Lipinski definition) is 2. The fourth-order valence-electron chi connectivity index (χ4n) is 0.0931. The lowest BCUT2D eigenvalue weighted by Gasteiger charge is -1.63. The second-order valence-electron chi connectivity index (χ2n) is 0.844. The van der Waals surface area contributed by atoms with Crippen molar-refractivity contribution in [1.29, 1.82) is 10.8 Å². The predicted molar refractivity (Wildman–Crippen MR) is 78.3 cm³/mol. The van der Waals surface area contributed by atoms with Crippen LogP contribution in [0.4, 0.5) is 0 Å². The average molecular weight is 280 g/mol. The molecule has 0 bridgehead atoms. The number of rotatable bonds is 2. The van der Waals surface area contributed by atoms with Gasteiger partial charge in [0.05, 0.1) is 0 Å². The van der Waals surface area contributed by atoms with Crippen LogP contribution in [0.2, 0.25) is 0 Å². The van der Waals surface area contributed by atoms with Crippen LogP contribution in [0, 0.1) is 10.8 Å². The Balaban J connectivity index is -0.0000000107. The largest absolute Gasteiger partial charge is 0.236 e. The molecule has 0 heterocycles. The molecule has 0 aromatic carbocycles. The molecule has 0 aliphatic heterocycles. The van der Waals surface area contributed by atoms with Gasteiger partial charge in [0.25, 0.3) is 0 Å². The van der Waals surface area contributed by atoms with E-state index < -0.39 is 0 Å². The molecular formula is C11H28N4O4. The van der Waals surface area contributed by atoms with Crippen LogP contribution in [0.3, 0.4) is 0 Å². The molecular weight excluding hydrogens is 252 g/mol. The first kappa shape index (κ1) is 70.4. The first-order valence-corrected chi connectivity index (χ1v) is 2.40. The van der Waals surface area contributed by atoms with Crippen molar-refractivity contribution < 1.29 is 19.2 Å². The van der Waals surface area contributed by atoms with Gasteiger partial charge in [-0.3, -0.25) is 0 Å². The maximum absolute atomic E-state index is 9.20. The summed E-state index contributed by atoms with van der Waals surface area (Å²) in [6, 6.07) is 0. The maximum Gasteiger partial charge on any atom is 0.236 e. The molecule has 0 fully saturated rings.